The van der Waals surface area contributed by atoms with Gasteiger partial charge in [-0.15, -0.1) is 0 Å². The molecular weight excluding hydrogens is 270 g/mol. The fourth-order valence-corrected chi connectivity index (χ4v) is 1.60. The van der Waals surface area contributed by atoms with Crippen LogP contribution in [0.4, 0.5) is 0 Å². The van der Waals surface area contributed by atoms with Gasteiger partial charge in [-0.1, -0.05) is 22.0 Å². The summed E-state index contributed by atoms with van der Waals surface area (Å²) in [6, 6.07) is 10.7. The average molecular weight is 278 g/mol. The van der Waals surface area contributed by atoms with Crippen molar-refractivity contribution in [1.29, 1.82) is 0 Å². The van der Waals surface area contributed by atoms with Crippen LogP contribution in [0.15, 0.2) is 47.1 Å². The van der Waals surface area contributed by atoms with Crippen LogP contribution in [0.5, 0.6) is 11.6 Å². The smallest absolute Gasteiger partial charge is 0.229 e. The number of aromatic nitrogens is 1. The van der Waals surface area contributed by atoms with E-state index in [-0.39, 0.29) is 0 Å². The molecule has 0 aliphatic heterocycles. The second-order valence-electron chi connectivity index (χ2n) is 3.08. The Balaban J connectivity index is 2.30. The van der Waals surface area contributed by atoms with Crippen molar-refractivity contribution in [2.75, 3.05) is 0 Å². The summed E-state index contributed by atoms with van der Waals surface area (Å²) in [7, 11) is 0. The molecule has 80 valence electrons. The minimum atomic E-state index is 0.315. The molecule has 0 radical (unpaired) electrons. The number of halogens is 1. The van der Waals surface area contributed by atoms with Crippen LogP contribution in [0.25, 0.3) is 0 Å². The maximum atomic E-state index is 10.8. The molecule has 1 heterocycles. The minimum absolute atomic E-state index is 0.315. The van der Waals surface area contributed by atoms with Gasteiger partial charge in [-0.2, -0.15) is 0 Å². The first-order valence-corrected chi connectivity index (χ1v) is 5.42. The lowest BCUT2D eigenvalue weighted by Crippen LogP contribution is -1.92. The Labute approximate surface area is 101 Å². The quantitative estimate of drug-likeness (QED) is 0.807. The Morgan fingerprint density at radius 3 is 2.88 bits per heavy atom. The first kappa shape index (κ1) is 10.8. The van der Waals surface area contributed by atoms with E-state index < -0.39 is 0 Å². The van der Waals surface area contributed by atoms with Crippen LogP contribution in [-0.4, -0.2) is 11.3 Å². The number of hydrogen-bond donors (Lipinski definition) is 0. The first-order valence-electron chi connectivity index (χ1n) is 4.63. The molecule has 2 rings (SSSR count). The van der Waals surface area contributed by atoms with Gasteiger partial charge in [-0.3, -0.25) is 4.79 Å². The zero-order chi connectivity index (χ0) is 11.4. The topological polar surface area (TPSA) is 39.2 Å². The van der Waals surface area contributed by atoms with Gasteiger partial charge in [0.2, 0.25) is 5.88 Å². The van der Waals surface area contributed by atoms with Crippen molar-refractivity contribution in [3.8, 4) is 11.6 Å². The van der Waals surface area contributed by atoms with Crippen LogP contribution < -0.4 is 4.74 Å². The minimum Gasteiger partial charge on any atom is -0.438 e. The largest absolute Gasteiger partial charge is 0.438 e. The first-order chi connectivity index (χ1) is 7.79. The lowest BCUT2D eigenvalue weighted by molar-refractivity contribution is 0.112. The van der Waals surface area contributed by atoms with Gasteiger partial charge in [0.1, 0.15) is 5.75 Å². The fourth-order valence-electron chi connectivity index (χ4n) is 1.22. The SMILES string of the molecule is O=Cc1cccnc1Oc1cccc(Br)c1. The monoisotopic (exact) mass is 277 g/mol. The average Bonchev–Trinajstić information content (AvgIpc) is 2.30. The Bertz CT molecular complexity index is 514. The number of carbonyl (C=O) groups excluding carboxylic acids is 1. The summed E-state index contributed by atoms with van der Waals surface area (Å²) in [5, 5.41) is 0. The summed E-state index contributed by atoms with van der Waals surface area (Å²) in [5.74, 6) is 0.951. The normalized spacial score (nSPS) is 9.81. The third kappa shape index (κ3) is 2.46. The van der Waals surface area contributed by atoms with E-state index in [2.05, 4.69) is 20.9 Å². The molecule has 0 saturated carbocycles. The molecule has 0 unspecified atom stereocenters. The number of benzene rings is 1. The van der Waals surface area contributed by atoms with E-state index in [1.807, 2.05) is 18.2 Å². The van der Waals surface area contributed by atoms with Crippen LogP contribution in [0, 0.1) is 0 Å². The maximum absolute atomic E-state index is 10.8. The van der Waals surface area contributed by atoms with Gasteiger partial charge in [-0.05, 0) is 30.3 Å². The number of hydrogen-bond acceptors (Lipinski definition) is 3. The molecule has 0 saturated heterocycles. The molecular formula is C12H8BrNO2. The summed E-state index contributed by atoms with van der Waals surface area (Å²) in [6.45, 7) is 0. The molecule has 1 aromatic heterocycles. The van der Waals surface area contributed by atoms with Crippen LogP contribution in [0.3, 0.4) is 0 Å². The fraction of sp³-hybridized carbons (Fsp3) is 0. The molecule has 0 spiro atoms. The molecule has 1 aromatic carbocycles. The molecule has 0 aliphatic rings. The predicted molar refractivity (Wildman–Crippen MR) is 63.8 cm³/mol. The summed E-state index contributed by atoms with van der Waals surface area (Å²) in [5.41, 5.74) is 0.433. The number of carbonyl (C=O) groups is 1. The van der Waals surface area contributed by atoms with Crippen molar-refractivity contribution in [2.45, 2.75) is 0 Å². The Kier molecular flexibility index (Phi) is 3.31. The van der Waals surface area contributed by atoms with E-state index in [4.69, 9.17) is 4.74 Å². The third-order valence-electron chi connectivity index (χ3n) is 1.94. The molecule has 2 aromatic rings. The highest BCUT2D eigenvalue weighted by Gasteiger charge is 2.04. The van der Waals surface area contributed by atoms with Crippen LogP contribution in [0.1, 0.15) is 10.4 Å². The lowest BCUT2D eigenvalue weighted by atomic mass is 10.3. The standard InChI is InChI=1S/C12H8BrNO2/c13-10-4-1-5-11(7-10)16-12-9(8-15)3-2-6-14-12/h1-8H. The predicted octanol–water partition coefficient (Wildman–Crippen LogP) is 3.45. The molecule has 4 heteroatoms. The second-order valence-corrected chi connectivity index (χ2v) is 3.99. The Morgan fingerprint density at radius 2 is 2.12 bits per heavy atom. The highest BCUT2D eigenvalue weighted by molar-refractivity contribution is 9.10. The number of pyridine rings is 1. The van der Waals surface area contributed by atoms with Crippen molar-refractivity contribution in [1.82, 2.24) is 4.98 Å². The van der Waals surface area contributed by atoms with Gasteiger partial charge in [0.25, 0.3) is 0 Å². The van der Waals surface area contributed by atoms with Gasteiger partial charge >= 0.3 is 0 Å². The van der Waals surface area contributed by atoms with E-state index >= 15 is 0 Å². The van der Waals surface area contributed by atoms with Gasteiger partial charge < -0.3 is 4.74 Å². The van der Waals surface area contributed by atoms with E-state index in [9.17, 15) is 4.79 Å². The maximum Gasteiger partial charge on any atom is 0.229 e. The van der Waals surface area contributed by atoms with E-state index in [0.717, 1.165) is 10.8 Å². The molecule has 0 aliphatic carbocycles. The highest BCUT2D eigenvalue weighted by Crippen LogP contribution is 2.24. The van der Waals surface area contributed by atoms with Gasteiger partial charge in [0.05, 0.1) is 5.56 Å². The van der Waals surface area contributed by atoms with E-state index in [0.29, 0.717) is 17.2 Å². The summed E-state index contributed by atoms with van der Waals surface area (Å²) < 4.78 is 6.42. The number of aldehydes is 1. The molecule has 16 heavy (non-hydrogen) atoms. The van der Waals surface area contributed by atoms with Crippen LogP contribution in [0.2, 0.25) is 0 Å². The van der Waals surface area contributed by atoms with Gasteiger partial charge in [0.15, 0.2) is 6.29 Å². The summed E-state index contributed by atoms with van der Waals surface area (Å²) in [6.07, 6.45) is 2.31. The lowest BCUT2D eigenvalue weighted by Gasteiger charge is -2.06. The highest BCUT2D eigenvalue weighted by atomic mass is 79.9. The molecule has 0 fully saturated rings. The van der Waals surface area contributed by atoms with E-state index in [1.54, 1.807) is 24.4 Å². The molecule has 0 N–H and O–H groups in total. The Morgan fingerprint density at radius 1 is 1.25 bits per heavy atom. The van der Waals surface area contributed by atoms with Crippen LogP contribution in [-0.2, 0) is 0 Å². The third-order valence-corrected chi connectivity index (χ3v) is 2.43. The van der Waals surface area contributed by atoms with Crippen molar-refractivity contribution >= 4 is 22.2 Å². The zero-order valence-corrected chi connectivity index (χ0v) is 9.85. The number of rotatable bonds is 3. The van der Waals surface area contributed by atoms with Crippen molar-refractivity contribution in [3.63, 3.8) is 0 Å². The summed E-state index contributed by atoms with van der Waals surface area (Å²) >= 11 is 3.34. The molecule has 0 amide bonds. The molecule has 0 bridgehead atoms. The number of nitrogens with zero attached hydrogens (tertiary/aromatic N) is 1. The van der Waals surface area contributed by atoms with E-state index in [1.165, 1.54) is 0 Å². The van der Waals surface area contributed by atoms with Crippen molar-refractivity contribution in [2.24, 2.45) is 0 Å². The van der Waals surface area contributed by atoms with Gasteiger partial charge in [0, 0.05) is 10.7 Å². The molecule has 0 atom stereocenters. The van der Waals surface area contributed by atoms with Crippen molar-refractivity contribution in [3.05, 3.63) is 52.6 Å². The molecule has 3 nitrogen and oxygen atoms in total. The van der Waals surface area contributed by atoms with Crippen LogP contribution >= 0.6 is 15.9 Å². The van der Waals surface area contributed by atoms with Gasteiger partial charge in [-0.25, -0.2) is 4.98 Å². The van der Waals surface area contributed by atoms with Crippen molar-refractivity contribution < 1.29 is 9.53 Å². The Hall–Kier alpha value is -1.68. The second kappa shape index (κ2) is 4.90. The summed E-state index contributed by atoms with van der Waals surface area (Å²) in [4.78, 5) is 14.8. The number of ether oxygens (including phenoxy) is 1. The zero-order valence-electron chi connectivity index (χ0n) is 8.26.